The van der Waals surface area contributed by atoms with E-state index in [1.165, 1.54) is 0 Å². The van der Waals surface area contributed by atoms with Crippen molar-refractivity contribution in [3.8, 4) is 5.75 Å². The first kappa shape index (κ1) is 9.93. The zero-order valence-electron chi connectivity index (χ0n) is 7.04. The van der Waals surface area contributed by atoms with Gasteiger partial charge in [0.1, 0.15) is 0 Å². The fourth-order valence-electron chi connectivity index (χ4n) is 0.895. The maximum atomic E-state index is 9.38. The van der Waals surface area contributed by atoms with Crippen LogP contribution in [0.15, 0.2) is 24.3 Å². The monoisotopic (exact) mass is 241 g/mol. The molecule has 0 aliphatic rings. The van der Waals surface area contributed by atoms with Gasteiger partial charge in [0.05, 0.1) is 0 Å². The topological polar surface area (TPSA) is 82.1 Å². The molecule has 13 heavy (non-hydrogen) atoms. The number of aromatic hydroxyl groups is 1. The molecule has 1 unspecified atom stereocenters. The van der Waals surface area contributed by atoms with Crippen LogP contribution in [0.4, 0.5) is 0 Å². The molecule has 70 valence electrons. The summed E-state index contributed by atoms with van der Waals surface area (Å²) in [7, 11) is 0. The summed E-state index contributed by atoms with van der Waals surface area (Å²) in [6, 6.07) is 7.21. The molecule has 0 bridgehead atoms. The van der Waals surface area contributed by atoms with Gasteiger partial charge in [-0.2, -0.15) is 0 Å². The van der Waals surface area contributed by atoms with Crippen molar-refractivity contribution < 1.29 is 5.11 Å². The molecule has 5 N–H and O–H groups in total. The summed E-state index contributed by atoms with van der Waals surface area (Å²) >= 11 is -0.498. The van der Waals surface area contributed by atoms with Crippen LogP contribution in [0.3, 0.4) is 0 Å². The van der Waals surface area contributed by atoms with Crippen molar-refractivity contribution in [2.45, 2.75) is 5.21 Å². The Hall–Kier alpha value is -1.15. The van der Waals surface area contributed by atoms with Crippen LogP contribution in [0, 0.1) is 5.41 Å². The van der Waals surface area contributed by atoms with Gasteiger partial charge in [0, 0.05) is 0 Å². The number of hydrogen-bond acceptors (Lipinski definition) is 2. The third kappa shape index (κ3) is 3.38. The Morgan fingerprint density at radius 3 is 2.85 bits per heavy atom. The van der Waals surface area contributed by atoms with Gasteiger partial charge < -0.3 is 0 Å². The van der Waals surface area contributed by atoms with Crippen molar-refractivity contribution in [1.82, 2.24) is 4.23 Å². The van der Waals surface area contributed by atoms with E-state index < -0.39 is 16.0 Å². The van der Waals surface area contributed by atoms with Gasteiger partial charge in [-0.1, -0.05) is 0 Å². The number of para-hydroxylation sites is 1. The Labute approximate surface area is 83.6 Å². The number of guanidine groups is 1. The molecule has 0 fully saturated rings. The zero-order chi connectivity index (χ0) is 9.68. The molecule has 4 nitrogen and oxygen atoms in total. The molecular weight excluding hydrogens is 229 g/mol. The van der Waals surface area contributed by atoms with Crippen LogP contribution >= 0.6 is 0 Å². The molecule has 1 rings (SSSR count). The van der Waals surface area contributed by atoms with E-state index in [2.05, 4.69) is 4.23 Å². The molecule has 0 saturated heterocycles. The van der Waals surface area contributed by atoms with Crippen LogP contribution in [0.25, 0.3) is 0 Å². The summed E-state index contributed by atoms with van der Waals surface area (Å²) in [4.78, 5) is 0. The van der Waals surface area contributed by atoms with E-state index in [1.807, 2.05) is 12.1 Å². The molecule has 0 aliphatic heterocycles. The average molecular weight is 241 g/mol. The van der Waals surface area contributed by atoms with E-state index in [4.69, 9.17) is 11.1 Å². The molecule has 0 heterocycles. The number of phenolic OH excluding ortho intramolecular Hbond substituents is 1. The second-order valence-corrected chi connectivity index (χ2v) is 4.53. The number of nitrogens with one attached hydrogen (secondary N) is 2. The van der Waals surface area contributed by atoms with Gasteiger partial charge in [-0.05, 0) is 0 Å². The number of hydrogen-bond donors (Lipinski definition) is 4. The first-order valence-electron chi connectivity index (χ1n) is 3.80. The molecule has 0 aromatic heterocycles. The van der Waals surface area contributed by atoms with Gasteiger partial charge in [-0.15, -0.1) is 0 Å². The molecule has 1 aromatic rings. The van der Waals surface area contributed by atoms with Crippen molar-refractivity contribution >= 4 is 21.9 Å². The van der Waals surface area contributed by atoms with E-state index in [1.54, 1.807) is 12.1 Å². The maximum absolute atomic E-state index is 9.38. The van der Waals surface area contributed by atoms with E-state index in [9.17, 15) is 5.11 Å². The number of rotatable bonds is 3. The molecule has 1 atom stereocenters. The van der Waals surface area contributed by atoms with Crippen LogP contribution in [0.2, 0.25) is 0 Å². The standard InChI is InChI=1S/C8H12AsN3O/c10-8(11)12-9-5-6-3-1-2-4-7(6)13/h1-4,9,13H,5H2,(H4,10,11,12). The fraction of sp³-hybridized carbons (Fsp3) is 0.125. The van der Waals surface area contributed by atoms with Crippen molar-refractivity contribution in [1.29, 1.82) is 5.41 Å². The Morgan fingerprint density at radius 1 is 1.54 bits per heavy atom. The van der Waals surface area contributed by atoms with Gasteiger partial charge in [0.15, 0.2) is 0 Å². The summed E-state index contributed by atoms with van der Waals surface area (Å²) < 4.78 is 2.80. The Morgan fingerprint density at radius 2 is 2.23 bits per heavy atom. The first-order valence-corrected chi connectivity index (χ1v) is 6.33. The summed E-state index contributed by atoms with van der Waals surface area (Å²) in [6.45, 7) is 0. The van der Waals surface area contributed by atoms with Gasteiger partial charge in [0.25, 0.3) is 0 Å². The normalized spacial score (nSPS) is 10.5. The minimum absolute atomic E-state index is 0.00965. The van der Waals surface area contributed by atoms with Crippen LogP contribution in [-0.4, -0.2) is 27.0 Å². The SMILES string of the molecule is N=C(N)N[AsH]Cc1ccccc1O. The Kier molecular flexibility index (Phi) is 3.65. The number of nitrogens with two attached hydrogens (primary N) is 1. The quantitative estimate of drug-likeness (QED) is 0.334. The number of phenols is 1. The zero-order valence-corrected chi connectivity index (χ0v) is 9.14. The van der Waals surface area contributed by atoms with Crippen molar-refractivity contribution in [2.75, 3.05) is 0 Å². The second kappa shape index (κ2) is 4.77. The average Bonchev–Trinajstić information content (AvgIpc) is 2.08. The molecule has 0 radical (unpaired) electrons. The molecule has 0 spiro atoms. The van der Waals surface area contributed by atoms with Crippen molar-refractivity contribution in [2.24, 2.45) is 5.73 Å². The molecule has 5 heteroatoms. The predicted molar refractivity (Wildman–Crippen MR) is 54.0 cm³/mol. The van der Waals surface area contributed by atoms with Crippen molar-refractivity contribution in [3.63, 3.8) is 0 Å². The van der Waals surface area contributed by atoms with Gasteiger partial charge in [0.2, 0.25) is 0 Å². The molecule has 0 aliphatic carbocycles. The van der Waals surface area contributed by atoms with E-state index in [0.717, 1.165) is 10.8 Å². The van der Waals surface area contributed by atoms with E-state index >= 15 is 0 Å². The predicted octanol–water partition coefficient (Wildman–Crippen LogP) is -0.273. The third-order valence-electron chi connectivity index (χ3n) is 1.49. The van der Waals surface area contributed by atoms with Crippen LogP contribution in [0.1, 0.15) is 5.56 Å². The molecule has 0 amide bonds. The van der Waals surface area contributed by atoms with E-state index in [0.29, 0.717) is 5.75 Å². The Balaban J connectivity index is 2.45. The van der Waals surface area contributed by atoms with Gasteiger partial charge >= 0.3 is 83.2 Å². The Bertz CT molecular complexity index is 303. The van der Waals surface area contributed by atoms with Crippen LogP contribution in [-0.2, 0) is 5.21 Å². The molecular formula is C8H12AsN3O. The van der Waals surface area contributed by atoms with Crippen LogP contribution < -0.4 is 9.97 Å². The van der Waals surface area contributed by atoms with Crippen molar-refractivity contribution in [3.05, 3.63) is 29.8 Å². The number of benzene rings is 1. The summed E-state index contributed by atoms with van der Waals surface area (Å²) in [6.07, 6.45) is 0. The third-order valence-corrected chi connectivity index (χ3v) is 3.60. The second-order valence-electron chi connectivity index (χ2n) is 2.52. The summed E-state index contributed by atoms with van der Waals surface area (Å²) in [5.74, 6) is 0.326. The minimum atomic E-state index is -0.498. The summed E-state index contributed by atoms with van der Waals surface area (Å²) in [5, 5.41) is 17.1. The van der Waals surface area contributed by atoms with Gasteiger partial charge in [-0.3, -0.25) is 0 Å². The van der Waals surface area contributed by atoms with E-state index in [-0.39, 0.29) is 5.96 Å². The first-order chi connectivity index (χ1) is 6.20. The fourth-order valence-corrected chi connectivity index (χ4v) is 2.51. The summed E-state index contributed by atoms with van der Waals surface area (Å²) in [5.41, 5.74) is 6.05. The molecule has 0 saturated carbocycles. The van der Waals surface area contributed by atoms with Crippen LogP contribution in [0.5, 0.6) is 5.75 Å². The van der Waals surface area contributed by atoms with Gasteiger partial charge in [-0.25, -0.2) is 0 Å². The molecule has 1 aromatic carbocycles.